The van der Waals surface area contributed by atoms with Gasteiger partial charge in [-0.05, 0) is 49.9 Å². The molecule has 0 unspecified atom stereocenters. The molecule has 1 N–H and O–H groups in total. The number of furan rings is 1. The number of hydrogen-bond acceptors (Lipinski definition) is 4. The Balaban J connectivity index is 1.46. The molecule has 4 nitrogen and oxygen atoms in total. The molecule has 28 heavy (non-hydrogen) atoms. The third-order valence-electron chi connectivity index (χ3n) is 5.21. The van der Waals surface area contributed by atoms with Crippen molar-refractivity contribution >= 4 is 34.3 Å². The summed E-state index contributed by atoms with van der Waals surface area (Å²) in [5.41, 5.74) is 4.71. The lowest BCUT2D eigenvalue weighted by molar-refractivity contribution is 0.0996. The molecule has 5 heteroatoms. The number of anilines is 1. The average Bonchev–Trinajstić information content (AvgIpc) is 3.06. The van der Waals surface area contributed by atoms with Gasteiger partial charge >= 0.3 is 0 Å². The maximum Gasteiger partial charge on any atom is 0.291 e. The van der Waals surface area contributed by atoms with E-state index < -0.39 is 0 Å². The Hall–Kier alpha value is -2.24. The fourth-order valence-electron chi connectivity index (χ4n) is 3.58. The molecule has 1 amide bonds. The monoisotopic (exact) mass is 395 g/mol. The largest absolute Gasteiger partial charge is 0.450 e. The first-order valence-electron chi connectivity index (χ1n) is 9.70. The van der Waals surface area contributed by atoms with E-state index in [1.54, 1.807) is 0 Å². The molecule has 3 aromatic rings. The number of benzene rings is 2. The fourth-order valence-corrected chi connectivity index (χ4v) is 4.72. The van der Waals surface area contributed by atoms with Crippen LogP contribution in [-0.4, -0.2) is 24.4 Å². The van der Waals surface area contributed by atoms with E-state index in [2.05, 4.69) is 11.4 Å². The third-order valence-corrected chi connectivity index (χ3v) is 6.65. The zero-order valence-corrected chi connectivity index (χ0v) is 17.1. The first-order chi connectivity index (χ1) is 13.6. The van der Waals surface area contributed by atoms with Crippen LogP contribution in [0.15, 0.2) is 46.9 Å². The topological polar surface area (TPSA) is 51.5 Å². The van der Waals surface area contributed by atoms with Gasteiger partial charge in [-0.1, -0.05) is 30.3 Å². The van der Waals surface area contributed by atoms with Crippen molar-refractivity contribution in [1.82, 2.24) is 0 Å². The Bertz CT molecular complexity index is 989. The minimum Gasteiger partial charge on any atom is -0.450 e. The summed E-state index contributed by atoms with van der Waals surface area (Å²) in [5.74, 6) is 1.12. The number of fused-ring (bicyclic) bond motifs is 1. The van der Waals surface area contributed by atoms with Gasteiger partial charge in [-0.2, -0.15) is 11.8 Å². The average molecular weight is 396 g/mol. The van der Waals surface area contributed by atoms with Crippen LogP contribution in [0.3, 0.4) is 0 Å². The van der Waals surface area contributed by atoms with Crippen molar-refractivity contribution in [3.05, 3.63) is 64.9 Å². The van der Waals surface area contributed by atoms with E-state index in [9.17, 15) is 4.79 Å². The Labute approximate surface area is 169 Å². The SMILES string of the molecule is Cc1c(C(=O)Nc2cccc(CSC3CCOCC3)c2)oc2c(C)cccc12. The van der Waals surface area contributed by atoms with Crippen LogP contribution < -0.4 is 5.32 Å². The first kappa shape index (κ1) is 19.1. The van der Waals surface area contributed by atoms with Crippen LogP contribution in [0.5, 0.6) is 0 Å². The van der Waals surface area contributed by atoms with Crippen LogP contribution in [0.25, 0.3) is 11.0 Å². The van der Waals surface area contributed by atoms with Gasteiger partial charge in [-0.25, -0.2) is 0 Å². The summed E-state index contributed by atoms with van der Waals surface area (Å²) in [4.78, 5) is 12.8. The molecule has 1 aromatic heterocycles. The van der Waals surface area contributed by atoms with Gasteiger partial charge in [-0.3, -0.25) is 4.79 Å². The summed E-state index contributed by atoms with van der Waals surface area (Å²) in [6.07, 6.45) is 2.23. The van der Waals surface area contributed by atoms with Crippen LogP contribution in [0, 0.1) is 13.8 Å². The molecular formula is C23H25NO3S. The van der Waals surface area contributed by atoms with Gasteiger partial charge in [0.1, 0.15) is 5.58 Å². The minimum atomic E-state index is -0.206. The van der Waals surface area contributed by atoms with Crippen molar-refractivity contribution in [3.63, 3.8) is 0 Å². The fraction of sp³-hybridized carbons (Fsp3) is 0.348. The van der Waals surface area contributed by atoms with Gasteiger partial charge in [-0.15, -0.1) is 0 Å². The highest BCUT2D eigenvalue weighted by Gasteiger charge is 2.19. The van der Waals surface area contributed by atoms with Gasteiger partial charge in [0.15, 0.2) is 5.76 Å². The standard InChI is InChI=1S/C23H25NO3S/c1-15-5-3-8-20-16(2)22(27-21(15)20)23(25)24-18-7-4-6-17(13-18)14-28-19-9-11-26-12-10-19/h3-8,13,19H,9-12,14H2,1-2H3,(H,24,25). The number of ether oxygens (including phenoxy) is 1. The second-order valence-electron chi connectivity index (χ2n) is 7.29. The van der Waals surface area contributed by atoms with Crippen LogP contribution in [-0.2, 0) is 10.5 Å². The molecule has 146 valence electrons. The van der Waals surface area contributed by atoms with E-state index in [0.717, 1.165) is 59.6 Å². The lowest BCUT2D eigenvalue weighted by Crippen LogP contribution is -2.17. The molecule has 1 aliphatic rings. The molecule has 0 bridgehead atoms. The molecule has 2 heterocycles. The highest BCUT2D eigenvalue weighted by atomic mass is 32.2. The number of nitrogens with one attached hydrogen (secondary N) is 1. The molecule has 1 aliphatic heterocycles. The van der Waals surface area contributed by atoms with E-state index in [-0.39, 0.29) is 5.91 Å². The van der Waals surface area contributed by atoms with Gasteiger partial charge in [0, 0.05) is 40.9 Å². The lowest BCUT2D eigenvalue weighted by Gasteiger charge is -2.21. The quantitative estimate of drug-likeness (QED) is 0.601. The summed E-state index contributed by atoms with van der Waals surface area (Å²) in [6.45, 7) is 5.65. The second-order valence-corrected chi connectivity index (χ2v) is 8.57. The predicted octanol–water partition coefficient (Wildman–Crippen LogP) is 5.71. The van der Waals surface area contributed by atoms with Gasteiger partial charge in [0.25, 0.3) is 5.91 Å². The molecule has 0 spiro atoms. The van der Waals surface area contributed by atoms with Crippen molar-refractivity contribution in [3.8, 4) is 0 Å². The minimum absolute atomic E-state index is 0.206. The zero-order valence-electron chi connectivity index (χ0n) is 16.3. The van der Waals surface area contributed by atoms with Crippen molar-refractivity contribution < 1.29 is 13.9 Å². The number of thioether (sulfide) groups is 1. The van der Waals surface area contributed by atoms with Gasteiger partial charge in [0.05, 0.1) is 0 Å². The summed E-state index contributed by atoms with van der Waals surface area (Å²) in [7, 11) is 0. The number of aryl methyl sites for hydroxylation is 2. The highest BCUT2D eigenvalue weighted by molar-refractivity contribution is 7.99. The van der Waals surface area contributed by atoms with Crippen molar-refractivity contribution in [2.24, 2.45) is 0 Å². The third kappa shape index (κ3) is 4.10. The zero-order chi connectivity index (χ0) is 19.5. The molecule has 2 aromatic carbocycles. The van der Waals surface area contributed by atoms with E-state index in [1.165, 1.54) is 5.56 Å². The molecule has 0 aliphatic carbocycles. The maximum atomic E-state index is 12.8. The summed E-state index contributed by atoms with van der Waals surface area (Å²) in [5, 5.41) is 4.65. The molecule has 1 saturated heterocycles. The van der Waals surface area contributed by atoms with Gasteiger partial charge < -0.3 is 14.5 Å². The normalized spacial score (nSPS) is 15.1. The molecular weight excluding hydrogens is 370 g/mol. The number of carbonyl (C=O) groups excluding carboxylic acids is 1. The maximum absolute atomic E-state index is 12.8. The van der Waals surface area contributed by atoms with Crippen molar-refractivity contribution in [1.29, 1.82) is 0 Å². The first-order valence-corrected chi connectivity index (χ1v) is 10.7. The molecule has 0 atom stereocenters. The lowest BCUT2D eigenvalue weighted by atomic mass is 10.1. The van der Waals surface area contributed by atoms with Crippen LogP contribution in [0.1, 0.15) is 40.1 Å². The van der Waals surface area contributed by atoms with Crippen molar-refractivity contribution in [2.45, 2.75) is 37.7 Å². The smallest absolute Gasteiger partial charge is 0.291 e. The molecule has 4 rings (SSSR count). The van der Waals surface area contributed by atoms with Crippen molar-refractivity contribution in [2.75, 3.05) is 18.5 Å². The predicted molar refractivity (Wildman–Crippen MR) is 115 cm³/mol. The van der Waals surface area contributed by atoms with Crippen LogP contribution >= 0.6 is 11.8 Å². The molecule has 0 saturated carbocycles. The van der Waals surface area contributed by atoms with E-state index in [4.69, 9.17) is 9.15 Å². The summed E-state index contributed by atoms with van der Waals surface area (Å²) >= 11 is 1.97. The van der Waals surface area contributed by atoms with Gasteiger partial charge in [0.2, 0.25) is 0 Å². The van der Waals surface area contributed by atoms with E-state index in [0.29, 0.717) is 11.0 Å². The second kappa shape index (κ2) is 8.41. The Kier molecular flexibility index (Phi) is 5.74. The number of para-hydroxylation sites is 1. The Morgan fingerprint density at radius 2 is 1.93 bits per heavy atom. The number of amides is 1. The molecule has 0 radical (unpaired) electrons. The Morgan fingerprint density at radius 1 is 1.14 bits per heavy atom. The van der Waals surface area contributed by atoms with Crippen LogP contribution in [0.4, 0.5) is 5.69 Å². The number of rotatable bonds is 5. The van der Waals surface area contributed by atoms with E-state index in [1.807, 2.05) is 62.0 Å². The van der Waals surface area contributed by atoms with Crippen LogP contribution in [0.2, 0.25) is 0 Å². The number of hydrogen-bond donors (Lipinski definition) is 1. The highest BCUT2D eigenvalue weighted by Crippen LogP contribution is 2.29. The van der Waals surface area contributed by atoms with E-state index >= 15 is 0 Å². The Morgan fingerprint density at radius 3 is 2.71 bits per heavy atom. The number of carbonyl (C=O) groups is 1. The molecule has 1 fully saturated rings. The summed E-state index contributed by atoms with van der Waals surface area (Å²) in [6, 6.07) is 14.0. The summed E-state index contributed by atoms with van der Waals surface area (Å²) < 4.78 is 11.3.